The van der Waals surface area contributed by atoms with Crippen molar-refractivity contribution in [2.24, 2.45) is 0 Å². The number of rotatable bonds is 4. The Bertz CT molecular complexity index is 493. The van der Waals surface area contributed by atoms with Crippen molar-refractivity contribution < 1.29 is 0 Å². The van der Waals surface area contributed by atoms with Crippen LogP contribution in [0.3, 0.4) is 0 Å². The Morgan fingerprint density at radius 2 is 2.18 bits per heavy atom. The molecule has 0 bridgehead atoms. The van der Waals surface area contributed by atoms with Crippen LogP contribution in [0.1, 0.15) is 9.88 Å². The predicted octanol–water partition coefficient (Wildman–Crippen LogP) is 2.52. The third-order valence-electron chi connectivity index (χ3n) is 2.33. The van der Waals surface area contributed by atoms with Gasteiger partial charge in [0.2, 0.25) is 0 Å². The van der Waals surface area contributed by atoms with E-state index >= 15 is 0 Å². The van der Waals surface area contributed by atoms with Gasteiger partial charge in [-0.25, -0.2) is 9.97 Å². The van der Waals surface area contributed by atoms with Crippen LogP contribution >= 0.6 is 11.3 Å². The Labute approximate surface area is 105 Å². The van der Waals surface area contributed by atoms with Crippen molar-refractivity contribution in [1.29, 1.82) is 0 Å². The molecule has 1 N–H and O–H groups in total. The Morgan fingerprint density at radius 3 is 2.82 bits per heavy atom. The average molecular weight is 248 g/mol. The van der Waals surface area contributed by atoms with Gasteiger partial charge in [-0.15, -0.1) is 11.3 Å². The monoisotopic (exact) mass is 248 g/mol. The van der Waals surface area contributed by atoms with Crippen molar-refractivity contribution in [2.45, 2.75) is 13.5 Å². The number of hydrogen-bond donors (Lipinski definition) is 1. The van der Waals surface area contributed by atoms with E-state index in [-0.39, 0.29) is 0 Å². The van der Waals surface area contributed by atoms with Gasteiger partial charge in [0, 0.05) is 31.4 Å². The van der Waals surface area contributed by atoms with E-state index in [4.69, 9.17) is 0 Å². The molecule has 2 aromatic rings. The molecule has 0 aliphatic carbocycles. The fourth-order valence-electron chi connectivity index (χ4n) is 1.56. The summed E-state index contributed by atoms with van der Waals surface area (Å²) in [7, 11) is 3.98. The smallest absolute Gasteiger partial charge is 0.151 e. The normalized spacial score (nSPS) is 10.3. The first kappa shape index (κ1) is 11.9. The van der Waals surface area contributed by atoms with Crippen molar-refractivity contribution in [3.05, 3.63) is 34.4 Å². The maximum Gasteiger partial charge on any atom is 0.151 e. The summed E-state index contributed by atoms with van der Waals surface area (Å²) in [6.45, 7) is 2.81. The largest absolute Gasteiger partial charge is 0.377 e. The van der Waals surface area contributed by atoms with Gasteiger partial charge < -0.3 is 10.2 Å². The second-order valence-electron chi connectivity index (χ2n) is 3.97. The molecule has 5 heteroatoms. The lowest BCUT2D eigenvalue weighted by Gasteiger charge is -2.16. The summed E-state index contributed by atoms with van der Waals surface area (Å²) in [5.41, 5.74) is 1.04. The van der Waals surface area contributed by atoms with Crippen molar-refractivity contribution in [1.82, 2.24) is 9.97 Å². The Kier molecular flexibility index (Phi) is 3.58. The third-order valence-corrected chi connectivity index (χ3v) is 3.25. The van der Waals surface area contributed by atoms with Crippen molar-refractivity contribution in [3.8, 4) is 0 Å². The van der Waals surface area contributed by atoms with Gasteiger partial charge in [-0.1, -0.05) is 0 Å². The lowest BCUT2D eigenvalue weighted by molar-refractivity contribution is 1.05. The van der Waals surface area contributed by atoms with Crippen LogP contribution in [0.15, 0.2) is 24.5 Å². The molecule has 0 saturated heterocycles. The number of anilines is 2. The molecule has 0 atom stereocenters. The molecule has 4 nitrogen and oxygen atoms in total. The number of pyridine rings is 1. The number of aromatic nitrogens is 2. The van der Waals surface area contributed by atoms with E-state index in [0.29, 0.717) is 0 Å². The standard InChI is InChI=1S/C12H16N4S/c1-9-14-7-10(17-9)8-15-11-5-4-6-13-12(11)16(2)3/h4-7,15H,8H2,1-3H3. The van der Waals surface area contributed by atoms with Crippen LogP contribution in [-0.2, 0) is 6.54 Å². The summed E-state index contributed by atoms with van der Waals surface area (Å²) in [5, 5.41) is 4.49. The fourth-order valence-corrected chi connectivity index (χ4v) is 2.30. The van der Waals surface area contributed by atoms with Crippen LogP contribution in [0.4, 0.5) is 11.5 Å². The second-order valence-corrected chi connectivity index (χ2v) is 5.29. The quantitative estimate of drug-likeness (QED) is 0.902. The van der Waals surface area contributed by atoms with Crippen molar-refractivity contribution in [3.63, 3.8) is 0 Å². The molecular formula is C12H16N4S. The lowest BCUT2D eigenvalue weighted by Crippen LogP contribution is -2.13. The van der Waals surface area contributed by atoms with Gasteiger partial charge in [0.15, 0.2) is 5.82 Å². The highest BCUT2D eigenvalue weighted by atomic mass is 32.1. The molecule has 0 radical (unpaired) electrons. The van der Waals surface area contributed by atoms with Gasteiger partial charge >= 0.3 is 0 Å². The Balaban J connectivity index is 2.08. The molecule has 0 amide bonds. The molecular weight excluding hydrogens is 232 g/mol. The highest BCUT2D eigenvalue weighted by Gasteiger charge is 2.05. The highest BCUT2D eigenvalue weighted by Crippen LogP contribution is 2.22. The summed E-state index contributed by atoms with van der Waals surface area (Å²) in [4.78, 5) is 11.8. The molecule has 90 valence electrons. The maximum absolute atomic E-state index is 4.35. The molecule has 0 unspecified atom stereocenters. The van der Waals surface area contributed by atoms with Crippen molar-refractivity contribution in [2.75, 3.05) is 24.3 Å². The van der Waals surface area contributed by atoms with Gasteiger partial charge in [-0.05, 0) is 19.1 Å². The number of thiazole rings is 1. The zero-order chi connectivity index (χ0) is 12.3. The summed E-state index contributed by atoms with van der Waals surface area (Å²) < 4.78 is 0. The molecule has 2 aromatic heterocycles. The van der Waals surface area contributed by atoms with Gasteiger partial charge in [-0.3, -0.25) is 0 Å². The molecule has 0 aromatic carbocycles. The van der Waals surface area contributed by atoms with E-state index in [0.717, 1.165) is 23.1 Å². The molecule has 0 fully saturated rings. The third kappa shape index (κ3) is 2.94. The first-order valence-corrected chi connectivity index (χ1v) is 6.26. The maximum atomic E-state index is 4.35. The van der Waals surface area contributed by atoms with E-state index in [2.05, 4.69) is 15.3 Å². The summed E-state index contributed by atoms with van der Waals surface area (Å²) in [5.74, 6) is 0.953. The molecule has 0 aliphatic rings. The minimum Gasteiger partial charge on any atom is -0.377 e. The topological polar surface area (TPSA) is 41.1 Å². The van der Waals surface area contributed by atoms with Crippen LogP contribution in [0, 0.1) is 6.92 Å². The highest BCUT2D eigenvalue weighted by molar-refractivity contribution is 7.11. The van der Waals surface area contributed by atoms with Gasteiger partial charge in [0.25, 0.3) is 0 Å². The van der Waals surface area contributed by atoms with Crippen LogP contribution in [0.25, 0.3) is 0 Å². The summed E-state index contributed by atoms with van der Waals surface area (Å²) >= 11 is 1.71. The van der Waals surface area contributed by atoms with Crippen LogP contribution in [0.5, 0.6) is 0 Å². The average Bonchev–Trinajstić information content (AvgIpc) is 2.73. The zero-order valence-corrected chi connectivity index (χ0v) is 11.1. The number of aryl methyl sites for hydroxylation is 1. The Morgan fingerprint density at radius 1 is 1.35 bits per heavy atom. The zero-order valence-electron chi connectivity index (χ0n) is 10.3. The first-order chi connectivity index (χ1) is 8.16. The fraction of sp³-hybridized carbons (Fsp3) is 0.333. The van der Waals surface area contributed by atoms with Crippen LogP contribution in [0.2, 0.25) is 0 Å². The lowest BCUT2D eigenvalue weighted by atomic mass is 10.3. The van der Waals surface area contributed by atoms with Crippen LogP contribution in [-0.4, -0.2) is 24.1 Å². The number of nitrogens with zero attached hydrogens (tertiary/aromatic N) is 3. The molecule has 2 rings (SSSR count). The Hall–Kier alpha value is -1.62. The van der Waals surface area contributed by atoms with Gasteiger partial charge in [0.05, 0.1) is 17.2 Å². The van der Waals surface area contributed by atoms with Gasteiger partial charge in [-0.2, -0.15) is 0 Å². The second kappa shape index (κ2) is 5.14. The van der Waals surface area contributed by atoms with E-state index in [1.807, 2.05) is 44.2 Å². The van der Waals surface area contributed by atoms with Gasteiger partial charge in [0.1, 0.15) is 0 Å². The minimum absolute atomic E-state index is 0.790. The predicted molar refractivity (Wildman–Crippen MR) is 72.7 cm³/mol. The number of hydrogen-bond acceptors (Lipinski definition) is 5. The first-order valence-electron chi connectivity index (χ1n) is 5.44. The molecule has 0 aliphatic heterocycles. The SMILES string of the molecule is Cc1ncc(CNc2cccnc2N(C)C)s1. The van der Waals surface area contributed by atoms with E-state index in [1.165, 1.54) is 4.88 Å². The van der Waals surface area contributed by atoms with Crippen LogP contribution < -0.4 is 10.2 Å². The number of nitrogens with one attached hydrogen (secondary N) is 1. The van der Waals surface area contributed by atoms with E-state index in [1.54, 1.807) is 17.5 Å². The minimum atomic E-state index is 0.790. The van der Waals surface area contributed by atoms with Crippen molar-refractivity contribution >= 4 is 22.8 Å². The molecule has 0 spiro atoms. The summed E-state index contributed by atoms with van der Waals surface area (Å²) in [6, 6.07) is 3.98. The summed E-state index contributed by atoms with van der Waals surface area (Å²) in [6.07, 6.45) is 3.72. The van der Waals surface area contributed by atoms with E-state index < -0.39 is 0 Å². The molecule has 0 saturated carbocycles. The molecule has 17 heavy (non-hydrogen) atoms. The molecule has 2 heterocycles. The van der Waals surface area contributed by atoms with E-state index in [9.17, 15) is 0 Å².